The molecule has 3 rings (SSSR count). The van der Waals surface area contributed by atoms with Crippen molar-refractivity contribution in [2.45, 2.75) is 13.8 Å². The Bertz CT molecular complexity index is 754. The summed E-state index contributed by atoms with van der Waals surface area (Å²) in [6, 6.07) is 7.93. The van der Waals surface area contributed by atoms with E-state index in [1.165, 1.54) is 5.56 Å². The van der Waals surface area contributed by atoms with Crippen LogP contribution in [0.25, 0.3) is 10.2 Å². The number of fused-ring (bicyclic) bond motifs is 1. The van der Waals surface area contributed by atoms with Gasteiger partial charge in [0.25, 0.3) is 0 Å². The van der Waals surface area contributed by atoms with E-state index in [9.17, 15) is 0 Å². The highest BCUT2D eigenvalue weighted by atomic mass is 35.5. The minimum atomic E-state index is 0.200. The normalized spacial score (nSPS) is 10.9. The zero-order chi connectivity index (χ0) is 13.4. The first-order valence-electron chi connectivity index (χ1n) is 5.79. The fourth-order valence-corrected chi connectivity index (χ4v) is 2.82. The van der Waals surface area contributed by atoms with E-state index in [4.69, 9.17) is 16.3 Å². The Morgan fingerprint density at radius 2 is 2.00 bits per heavy atom. The van der Waals surface area contributed by atoms with Crippen LogP contribution >= 0.6 is 22.9 Å². The van der Waals surface area contributed by atoms with Crippen molar-refractivity contribution in [3.8, 4) is 11.6 Å². The van der Waals surface area contributed by atoms with E-state index in [0.717, 1.165) is 21.5 Å². The van der Waals surface area contributed by atoms with Gasteiger partial charge in [-0.05, 0) is 48.5 Å². The Kier molecular flexibility index (Phi) is 3.12. The molecule has 0 aliphatic carbocycles. The first-order chi connectivity index (χ1) is 9.13. The number of ether oxygens (including phenoxy) is 1. The van der Waals surface area contributed by atoms with Crippen molar-refractivity contribution in [3.63, 3.8) is 0 Å². The average molecular weight is 291 g/mol. The number of hydrogen-bond acceptors (Lipinski definition) is 4. The van der Waals surface area contributed by atoms with Crippen molar-refractivity contribution in [3.05, 3.63) is 46.1 Å². The Morgan fingerprint density at radius 1 is 1.16 bits per heavy atom. The lowest BCUT2D eigenvalue weighted by molar-refractivity contribution is 0.465. The van der Waals surface area contributed by atoms with E-state index in [-0.39, 0.29) is 5.28 Å². The highest BCUT2D eigenvalue weighted by Crippen LogP contribution is 2.33. The maximum atomic E-state index is 5.91. The third kappa shape index (κ3) is 2.41. The molecule has 96 valence electrons. The first-order valence-corrected chi connectivity index (χ1v) is 7.05. The number of aromatic nitrogens is 2. The van der Waals surface area contributed by atoms with Crippen molar-refractivity contribution >= 4 is 33.2 Å². The number of benzene rings is 1. The summed E-state index contributed by atoms with van der Waals surface area (Å²) in [5.74, 6) is 1.30. The van der Waals surface area contributed by atoms with Gasteiger partial charge in [-0.1, -0.05) is 17.7 Å². The van der Waals surface area contributed by atoms with Crippen LogP contribution in [-0.4, -0.2) is 9.97 Å². The van der Waals surface area contributed by atoms with E-state index < -0.39 is 0 Å². The maximum absolute atomic E-state index is 5.91. The smallest absolute Gasteiger partial charge is 0.241 e. The van der Waals surface area contributed by atoms with Crippen molar-refractivity contribution in [1.29, 1.82) is 0 Å². The largest absolute Gasteiger partial charge is 0.437 e. The molecule has 0 fully saturated rings. The fourth-order valence-electron chi connectivity index (χ4n) is 1.90. The highest BCUT2D eigenvalue weighted by molar-refractivity contribution is 7.17. The summed E-state index contributed by atoms with van der Waals surface area (Å²) in [5.41, 5.74) is 3.08. The molecule has 0 saturated heterocycles. The molecule has 2 aromatic heterocycles. The maximum Gasteiger partial charge on any atom is 0.241 e. The topological polar surface area (TPSA) is 35.0 Å². The number of hydrogen-bond donors (Lipinski definition) is 0. The molecule has 0 aliphatic heterocycles. The lowest BCUT2D eigenvalue weighted by atomic mass is 10.1. The number of nitrogens with zero attached hydrogens (tertiary/aromatic N) is 2. The molecule has 0 atom stereocenters. The molecule has 0 aliphatic rings. The summed E-state index contributed by atoms with van der Waals surface area (Å²) in [4.78, 5) is 8.33. The van der Waals surface area contributed by atoms with E-state index in [2.05, 4.69) is 23.0 Å². The summed E-state index contributed by atoms with van der Waals surface area (Å²) >= 11 is 7.46. The lowest BCUT2D eigenvalue weighted by Gasteiger charge is -2.09. The van der Waals surface area contributed by atoms with Crippen LogP contribution in [0.15, 0.2) is 29.6 Å². The molecule has 2 heterocycles. The van der Waals surface area contributed by atoms with E-state index in [1.54, 1.807) is 11.3 Å². The van der Waals surface area contributed by atoms with Crippen molar-refractivity contribution in [1.82, 2.24) is 9.97 Å². The number of rotatable bonds is 2. The number of thiophene rings is 1. The molecule has 0 radical (unpaired) electrons. The van der Waals surface area contributed by atoms with Crippen molar-refractivity contribution < 1.29 is 4.74 Å². The third-order valence-electron chi connectivity index (χ3n) is 2.78. The van der Waals surface area contributed by atoms with Crippen LogP contribution in [0, 0.1) is 13.8 Å². The van der Waals surface area contributed by atoms with Crippen LogP contribution in [0.3, 0.4) is 0 Å². The lowest BCUT2D eigenvalue weighted by Crippen LogP contribution is -1.93. The Morgan fingerprint density at radius 3 is 2.79 bits per heavy atom. The van der Waals surface area contributed by atoms with Gasteiger partial charge in [-0.2, -0.15) is 4.98 Å². The molecule has 3 nitrogen and oxygen atoms in total. The average Bonchev–Trinajstić information content (AvgIpc) is 2.80. The van der Waals surface area contributed by atoms with E-state index in [0.29, 0.717) is 5.88 Å². The van der Waals surface area contributed by atoms with Gasteiger partial charge in [0.2, 0.25) is 11.2 Å². The summed E-state index contributed by atoms with van der Waals surface area (Å²) in [6.45, 7) is 4.06. The molecular weight excluding hydrogens is 280 g/mol. The second-order valence-electron chi connectivity index (χ2n) is 4.30. The molecular formula is C14H11ClN2OS. The summed E-state index contributed by atoms with van der Waals surface area (Å²) in [5, 5.41) is 2.15. The standard InChI is InChI=1S/C14H11ClN2OS/c1-8-3-4-11(9(2)7-8)18-13-12-10(5-6-19-12)16-14(15)17-13/h3-7H,1-2H3. The van der Waals surface area contributed by atoms with Crippen LogP contribution in [-0.2, 0) is 0 Å². The van der Waals surface area contributed by atoms with Gasteiger partial charge in [-0.25, -0.2) is 4.98 Å². The van der Waals surface area contributed by atoms with Gasteiger partial charge >= 0.3 is 0 Å². The molecule has 0 spiro atoms. The minimum absolute atomic E-state index is 0.200. The molecule has 1 aromatic carbocycles. The highest BCUT2D eigenvalue weighted by Gasteiger charge is 2.11. The third-order valence-corrected chi connectivity index (χ3v) is 3.84. The first kappa shape index (κ1) is 12.4. The number of aryl methyl sites for hydroxylation is 2. The van der Waals surface area contributed by atoms with Crippen LogP contribution in [0.4, 0.5) is 0 Å². The second kappa shape index (κ2) is 4.79. The zero-order valence-electron chi connectivity index (χ0n) is 10.5. The SMILES string of the molecule is Cc1ccc(Oc2nc(Cl)nc3ccsc23)c(C)c1. The Labute approximate surface area is 119 Å². The molecule has 0 bridgehead atoms. The van der Waals surface area contributed by atoms with Crippen LogP contribution in [0.1, 0.15) is 11.1 Å². The second-order valence-corrected chi connectivity index (χ2v) is 5.56. The van der Waals surface area contributed by atoms with Gasteiger partial charge in [0.1, 0.15) is 10.4 Å². The van der Waals surface area contributed by atoms with Gasteiger partial charge in [0.05, 0.1) is 5.52 Å². The van der Waals surface area contributed by atoms with E-state index >= 15 is 0 Å². The molecule has 0 N–H and O–H groups in total. The van der Waals surface area contributed by atoms with Crippen molar-refractivity contribution in [2.75, 3.05) is 0 Å². The van der Waals surface area contributed by atoms with E-state index in [1.807, 2.05) is 30.5 Å². The monoisotopic (exact) mass is 290 g/mol. The minimum Gasteiger partial charge on any atom is -0.437 e. The molecule has 0 amide bonds. The Hall–Kier alpha value is -1.65. The predicted octanol–water partition coefficient (Wildman–Crippen LogP) is 4.75. The van der Waals surface area contributed by atoms with Crippen molar-refractivity contribution in [2.24, 2.45) is 0 Å². The molecule has 5 heteroatoms. The van der Waals surface area contributed by atoms with Gasteiger partial charge in [-0.15, -0.1) is 11.3 Å². The van der Waals surface area contributed by atoms with Gasteiger partial charge in [0, 0.05) is 0 Å². The fraction of sp³-hybridized carbons (Fsp3) is 0.143. The quantitative estimate of drug-likeness (QED) is 0.639. The molecule has 3 aromatic rings. The van der Waals surface area contributed by atoms with Crippen LogP contribution in [0.5, 0.6) is 11.6 Å². The zero-order valence-corrected chi connectivity index (χ0v) is 12.0. The number of halogens is 1. The van der Waals surface area contributed by atoms with Gasteiger partial charge < -0.3 is 4.74 Å². The van der Waals surface area contributed by atoms with Gasteiger partial charge in [-0.3, -0.25) is 0 Å². The summed E-state index contributed by atoms with van der Waals surface area (Å²) < 4.78 is 6.80. The molecule has 0 unspecified atom stereocenters. The molecule has 0 saturated carbocycles. The van der Waals surface area contributed by atoms with Crippen LogP contribution < -0.4 is 4.74 Å². The van der Waals surface area contributed by atoms with Gasteiger partial charge in [0.15, 0.2) is 0 Å². The summed E-state index contributed by atoms with van der Waals surface area (Å²) in [6.07, 6.45) is 0. The summed E-state index contributed by atoms with van der Waals surface area (Å²) in [7, 11) is 0. The Balaban J connectivity index is 2.07. The predicted molar refractivity (Wildman–Crippen MR) is 78.4 cm³/mol. The molecule has 19 heavy (non-hydrogen) atoms. The van der Waals surface area contributed by atoms with Crippen LogP contribution in [0.2, 0.25) is 5.28 Å².